The molecule has 3 rings (SSSR count). The molecule has 0 aliphatic heterocycles. The number of benzene rings is 1. The summed E-state index contributed by atoms with van der Waals surface area (Å²) in [4.78, 5) is 8.97. The number of aromatic nitrogens is 2. The number of nitrogens with one attached hydrogen (secondary N) is 1. The molecule has 0 saturated heterocycles. The van der Waals surface area contributed by atoms with Crippen LogP contribution in [-0.2, 0) is 6.42 Å². The summed E-state index contributed by atoms with van der Waals surface area (Å²) in [5, 5.41) is 3.05. The lowest BCUT2D eigenvalue weighted by Gasteiger charge is -2.08. The van der Waals surface area contributed by atoms with Crippen LogP contribution in [0.15, 0.2) is 30.3 Å². The van der Waals surface area contributed by atoms with Crippen molar-refractivity contribution in [2.45, 2.75) is 25.2 Å². The van der Waals surface area contributed by atoms with E-state index in [4.69, 9.17) is 0 Å². The van der Waals surface area contributed by atoms with Gasteiger partial charge in [-0.2, -0.15) is 0 Å². The monoisotopic (exact) mass is 257 g/mol. The van der Waals surface area contributed by atoms with Crippen LogP contribution < -0.4 is 5.32 Å². The molecule has 0 spiro atoms. The molecule has 1 fully saturated rings. The number of hydrogen-bond donors (Lipinski definition) is 1. The number of hydrogen-bond acceptors (Lipinski definition) is 3. The van der Waals surface area contributed by atoms with Gasteiger partial charge in [0.2, 0.25) is 0 Å². The minimum Gasteiger partial charge on any atom is -0.373 e. The predicted molar refractivity (Wildman–Crippen MR) is 72.8 cm³/mol. The van der Waals surface area contributed by atoms with Gasteiger partial charge < -0.3 is 5.32 Å². The van der Waals surface area contributed by atoms with Gasteiger partial charge in [0.05, 0.1) is 0 Å². The second-order valence-electron chi connectivity index (χ2n) is 4.89. The third-order valence-corrected chi connectivity index (χ3v) is 3.35. The lowest BCUT2D eigenvalue weighted by molar-refractivity contribution is 0.612. The Morgan fingerprint density at radius 1 is 1.26 bits per heavy atom. The van der Waals surface area contributed by atoms with E-state index in [2.05, 4.69) is 15.3 Å². The maximum Gasteiger partial charge on any atom is 0.135 e. The van der Waals surface area contributed by atoms with Crippen molar-refractivity contribution < 1.29 is 4.39 Å². The maximum atomic E-state index is 13.7. The van der Waals surface area contributed by atoms with E-state index in [1.54, 1.807) is 12.1 Å². The first-order valence-corrected chi connectivity index (χ1v) is 6.55. The molecule has 1 saturated carbocycles. The molecule has 0 radical (unpaired) electrons. The van der Waals surface area contributed by atoms with Crippen molar-refractivity contribution in [3.8, 4) is 0 Å². The Hall–Kier alpha value is -1.97. The highest BCUT2D eigenvalue weighted by Crippen LogP contribution is 2.39. The maximum absolute atomic E-state index is 13.7. The molecule has 1 aromatic carbocycles. The number of anilines is 1. The fourth-order valence-electron chi connectivity index (χ4n) is 2.13. The van der Waals surface area contributed by atoms with Gasteiger partial charge in [0.25, 0.3) is 0 Å². The minimum atomic E-state index is -0.200. The zero-order valence-electron chi connectivity index (χ0n) is 10.9. The molecule has 0 unspecified atom stereocenters. The molecule has 1 aliphatic carbocycles. The summed E-state index contributed by atoms with van der Waals surface area (Å²) < 4.78 is 13.7. The van der Waals surface area contributed by atoms with Gasteiger partial charge in [-0.25, -0.2) is 14.4 Å². The van der Waals surface area contributed by atoms with Crippen molar-refractivity contribution in [1.82, 2.24) is 9.97 Å². The quantitative estimate of drug-likeness (QED) is 0.914. The molecule has 2 aromatic rings. The molecule has 0 bridgehead atoms. The summed E-state index contributed by atoms with van der Waals surface area (Å²) in [5.41, 5.74) is 1.71. The van der Waals surface area contributed by atoms with Gasteiger partial charge in [0, 0.05) is 31.1 Å². The molecule has 1 aromatic heterocycles. The van der Waals surface area contributed by atoms with Crippen molar-refractivity contribution in [3.63, 3.8) is 0 Å². The van der Waals surface area contributed by atoms with Crippen molar-refractivity contribution in [2.75, 3.05) is 12.4 Å². The van der Waals surface area contributed by atoms with Crippen molar-refractivity contribution in [3.05, 3.63) is 53.2 Å². The molecular weight excluding hydrogens is 241 g/mol. The molecule has 0 amide bonds. The summed E-state index contributed by atoms with van der Waals surface area (Å²) in [5.74, 6) is 1.85. The van der Waals surface area contributed by atoms with Gasteiger partial charge in [0.15, 0.2) is 0 Å². The third-order valence-electron chi connectivity index (χ3n) is 3.35. The van der Waals surface area contributed by atoms with Crippen LogP contribution in [0.1, 0.15) is 35.8 Å². The van der Waals surface area contributed by atoms with E-state index < -0.39 is 0 Å². The van der Waals surface area contributed by atoms with Crippen LogP contribution in [0.3, 0.4) is 0 Å². The third kappa shape index (κ3) is 2.72. The zero-order chi connectivity index (χ0) is 13.2. The van der Waals surface area contributed by atoms with E-state index in [9.17, 15) is 4.39 Å². The van der Waals surface area contributed by atoms with Crippen LogP contribution in [0.2, 0.25) is 0 Å². The summed E-state index contributed by atoms with van der Waals surface area (Å²) >= 11 is 0. The Bertz CT molecular complexity index is 594. The molecule has 1 N–H and O–H groups in total. The van der Waals surface area contributed by atoms with Crippen LogP contribution in [0, 0.1) is 5.82 Å². The zero-order valence-corrected chi connectivity index (χ0v) is 10.9. The lowest BCUT2D eigenvalue weighted by Crippen LogP contribution is -2.04. The van der Waals surface area contributed by atoms with E-state index in [1.165, 1.54) is 18.9 Å². The summed E-state index contributed by atoms with van der Waals surface area (Å²) in [6, 6.07) is 8.77. The van der Waals surface area contributed by atoms with Crippen molar-refractivity contribution >= 4 is 5.82 Å². The first kappa shape index (κ1) is 12.1. The molecule has 1 heterocycles. The average molecular weight is 257 g/mol. The van der Waals surface area contributed by atoms with Crippen LogP contribution in [0.5, 0.6) is 0 Å². The van der Waals surface area contributed by atoms with E-state index in [-0.39, 0.29) is 5.82 Å². The fourth-order valence-corrected chi connectivity index (χ4v) is 2.13. The normalized spacial score (nSPS) is 14.4. The number of nitrogens with zero attached hydrogens (tertiary/aromatic N) is 2. The van der Waals surface area contributed by atoms with E-state index in [0.29, 0.717) is 23.7 Å². The molecular formula is C15H16FN3. The van der Waals surface area contributed by atoms with Gasteiger partial charge >= 0.3 is 0 Å². The minimum absolute atomic E-state index is 0.200. The molecule has 4 heteroatoms. The van der Waals surface area contributed by atoms with Crippen molar-refractivity contribution in [2.24, 2.45) is 0 Å². The molecule has 19 heavy (non-hydrogen) atoms. The van der Waals surface area contributed by atoms with Gasteiger partial charge in [-0.05, 0) is 24.5 Å². The van der Waals surface area contributed by atoms with E-state index in [1.807, 2.05) is 19.2 Å². The first-order chi connectivity index (χ1) is 9.26. The van der Waals surface area contributed by atoms with Gasteiger partial charge in [0.1, 0.15) is 17.5 Å². The Labute approximate surface area is 111 Å². The van der Waals surface area contributed by atoms with Crippen LogP contribution in [0.25, 0.3) is 0 Å². The van der Waals surface area contributed by atoms with Gasteiger partial charge in [-0.3, -0.25) is 0 Å². The second kappa shape index (κ2) is 4.96. The Balaban J connectivity index is 1.91. The van der Waals surface area contributed by atoms with E-state index in [0.717, 1.165) is 11.5 Å². The van der Waals surface area contributed by atoms with Crippen LogP contribution >= 0.6 is 0 Å². The Morgan fingerprint density at radius 2 is 2.05 bits per heavy atom. The van der Waals surface area contributed by atoms with Gasteiger partial charge in [-0.1, -0.05) is 18.2 Å². The molecule has 0 atom stereocenters. The Morgan fingerprint density at radius 3 is 2.74 bits per heavy atom. The molecule has 3 nitrogen and oxygen atoms in total. The summed E-state index contributed by atoms with van der Waals surface area (Å²) in [6.45, 7) is 0. The van der Waals surface area contributed by atoms with Crippen molar-refractivity contribution in [1.29, 1.82) is 0 Å². The van der Waals surface area contributed by atoms with E-state index >= 15 is 0 Å². The second-order valence-corrected chi connectivity index (χ2v) is 4.89. The predicted octanol–water partition coefficient (Wildman–Crippen LogP) is 3.13. The fraction of sp³-hybridized carbons (Fsp3) is 0.333. The summed E-state index contributed by atoms with van der Waals surface area (Å²) in [6.07, 6.45) is 2.82. The Kier molecular flexibility index (Phi) is 3.15. The van der Waals surface area contributed by atoms with Crippen LogP contribution in [-0.4, -0.2) is 17.0 Å². The standard InChI is InChI=1S/C15H16FN3/c1-17-14-9-13(10-6-7-10)18-15(19-14)8-11-4-2-3-5-12(11)16/h2-5,9-10H,6-8H2,1H3,(H,17,18,19). The largest absolute Gasteiger partial charge is 0.373 e. The highest BCUT2D eigenvalue weighted by Gasteiger charge is 2.26. The smallest absolute Gasteiger partial charge is 0.135 e. The topological polar surface area (TPSA) is 37.8 Å². The number of rotatable bonds is 4. The first-order valence-electron chi connectivity index (χ1n) is 6.55. The molecule has 98 valence electrons. The lowest BCUT2D eigenvalue weighted by atomic mass is 10.1. The van der Waals surface area contributed by atoms with Crippen LogP contribution in [0.4, 0.5) is 10.2 Å². The highest BCUT2D eigenvalue weighted by molar-refractivity contribution is 5.38. The number of halogens is 1. The summed E-state index contributed by atoms with van der Waals surface area (Å²) in [7, 11) is 1.84. The highest BCUT2D eigenvalue weighted by atomic mass is 19.1. The SMILES string of the molecule is CNc1cc(C2CC2)nc(Cc2ccccc2F)n1. The molecule has 1 aliphatic rings. The van der Waals surface area contributed by atoms with Gasteiger partial charge in [-0.15, -0.1) is 0 Å². The average Bonchev–Trinajstić information content (AvgIpc) is 3.25.